The van der Waals surface area contributed by atoms with Gasteiger partial charge in [-0.2, -0.15) is 13.2 Å². The van der Waals surface area contributed by atoms with Crippen LogP contribution in [-0.2, 0) is 6.18 Å². The van der Waals surface area contributed by atoms with Gasteiger partial charge in [-0.1, -0.05) is 25.4 Å². The Balaban J connectivity index is 2.10. The monoisotopic (exact) mass is 292 g/mol. The molecule has 2 rings (SSSR count). The van der Waals surface area contributed by atoms with Crippen molar-refractivity contribution in [3.8, 4) is 0 Å². The maximum Gasteiger partial charge on any atom is 0.417 e. The van der Waals surface area contributed by atoms with Crippen LogP contribution in [0.3, 0.4) is 0 Å². The normalized spacial score (nSPS) is 22.5. The Labute approximate surface area is 115 Å². The maximum absolute atomic E-state index is 12.5. The van der Waals surface area contributed by atoms with E-state index in [1.165, 1.54) is 0 Å². The zero-order valence-electron chi connectivity index (χ0n) is 10.8. The first-order valence-electron chi connectivity index (χ1n) is 6.17. The zero-order valence-corrected chi connectivity index (χ0v) is 11.6. The minimum atomic E-state index is -4.41. The van der Waals surface area contributed by atoms with Crippen molar-refractivity contribution in [3.63, 3.8) is 0 Å². The van der Waals surface area contributed by atoms with Crippen LogP contribution in [0.5, 0.6) is 0 Å². The third-order valence-electron chi connectivity index (χ3n) is 3.48. The van der Waals surface area contributed by atoms with Crippen molar-refractivity contribution in [3.05, 3.63) is 22.8 Å². The highest BCUT2D eigenvalue weighted by molar-refractivity contribution is 6.33. The molecule has 0 aliphatic heterocycles. The molecule has 19 heavy (non-hydrogen) atoms. The predicted octanol–water partition coefficient (Wildman–Crippen LogP) is 4.74. The lowest BCUT2D eigenvalue weighted by molar-refractivity contribution is -0.137. The van der Waals surface area contributed by atoms with Crippen LogP contribution >= 0.6 is 11.6 Å². The number of rotatable bonds is 2. The van der Waals surface area contributed by atoms with Gasteiger partial charge in [-0.15, -0.1) is 0 Å². The van der Waals surface area contributed by atoms with E-state index in [1.807, 2.05) is 0 Å². The predicted molar refractivity (Wildman–Crippen MR) is 69.3 cm³/mol. The summed E-state index contributed by atoms with van der Waals surface area (Å²) in [7, 11) is 0. The summed E-state index contributed by atoms with van der Waals surface area (Å²) < 4.78 is 37.5. The summed E-state index contributed by atoms with van der Waals surface area (Å²) in [4.78, 5) is 3.79. The Kier molecular flexibility index (Phi) is 3.69. The van der Waals surface area contributed by atoms with E-state index >= 15 is 0 Å². The smallest absolute Gasteiger partial charge is 0.366 e. The van der Waals surface area contributed by atoms with E-state index in [9.17, 15) is 13.2 Å². The topological polar surface area (TPSA) is 24.9 Å². The van der Waals surface area contributed by atoms with Crippen LogP contribution in [0.15, 0.2) is 12.3 Å². The standard InChI is InChI=1S/C13H16ClF3N2/c1-12(2)4-3-9(6-12)19-11-10(14)5-8(7-18-11)13(15,16)17/h5,7,9H,3-4,6H2,1-2H3,(H,18,19). The zero-order chi connectivity index (χ0) is 14.3. The molecule has 0 saturated heterocycles. The number of anilines is 1. The van der Waals surface area contributed by atoms with Gasteiger partial charge in [0.05, 0.1) is 10.6 Å². The summed E-state index contributed by atoms with van der Waals surface area (Å²) >= 11 is 5.86. The Hall–Kier alpha value is -0.970. The summed E-state index contributed by atoms with van der Waals surface area (Å²) in [6.45, 7) is 4.35. The van der Waals surface area contributed by atoms with Crippen LogP contribution in [0.25, 0.3) is 0 Å². The molecule has 106 valence electrons. The molecule has 0 radical (unpaired) electrons. The van der Waals surface area contributed by atoms with Gasteiger partial charge >= 0.3 is 6.18 Å². The van der Waals surface area contributed by atoms with Gasteiger partial charge in [0.25, 0.3) is 0 Å². The Morgan fingerprint density at radius 2 is 2.11 bits per heavy atom. The molecule has 1 heterocycles. The van der Waals surface area contributed by atoms with E-state index in [0.29, 0.717) is 5.82 Å². The molecule has 6 heteroatoms. The molecule has 0 spiro atoms. The van der Waals surface area contributed by atoms with Crippen molar-refractivity contribution in [1.29, 1.82) is 0 Å². The number of hydrogen-bond donors (Lipinski definition) is 1. The highest BCUT2D eigenvalue weighted by atomic mass is 35.5. The summed E-state index contributed by atoms with van der Waals surface area (Å²) in [5.74, 6) is 0.331. The number of alkyl halides is 3. The molecule has 2 nitrogen and oxygen atoms in total. The third-order valence-corrected chi connectivity index (χ3v) is 3.77. The summed E-state index contributed by atoms with van der Waals surface area (Å²) in [5.41, 5.74) is -0.564. The first-order chi connectivity index (χ1) is 8.67. The van der Waals surface area contributed by atoms with Crippen LogP contribution in [0.4, 0.5) is 19.0 Å². The van der Waals surface area contributed by atoms with E-state index in [4.69, 9.17) is 11.6 Å². The number of halogens is 4. The molecule has 0 bridgehead atoms. The number of nitrogens with zero attached hydrogens (tertiary/aromatic N) is 1. The van der Waals surface area contributed by atoms with Crippen molar-refractivity contribution in [2.75, 3.05) is 5.32 Å². The average molecular weight is 293 g/mol. The SMILES string of the molecule is CC1(C)CCC(Nc2ncc(C(F)(F)F)cc2Cl)C1. The second kappa shape index (κ2) is 4.85. The Morgan fingerprint density at radius 3 is 2.58 bits per heavy atom. The van der Waals surface area contributed by atoms with E-state index < -0.39 is 11.7 Å². The molecular formula is C13H16ClF3N2. The van der Waals surface area contributed by atoms with Crippen molar-refractivity contribution in [2.45, 2.75) is 45.3 Å². The highest BCUT2D eigenvalue weighted by Crippen LogP contribution is 2.39. The van der Waals surface area contributed by atoms with Gasteiger partial charge < -0.3 is 5.32 Å². The number of aromatic nitrogens is 1. The number of nitrogens with one attached hydrogen (secondary N) is 1. The van der Waals surface area contributed by atoms with E-state index in [1.54, 1.807) is 0 Å². The highest BCUT2D eigenvalue weighted by Gasteiger charge is 2.33. The second-order valence-corrected chi connectivity index (χ2v) is 6.21. The van der Waals surface area contributed by atoms with Crippen LogP contribution < -0.4 is 5.32 Å². The molecule has 0 amide bonds. The minimum Gasteiger partial charge on any atom is -0.366 e. The van der Waals surface area contributed by atoms with E-state index in [0.717, 1.165) is 31.5 Å². The van der Waals surface area contributed by atoms with Gasteiger partial charge in [0.2, 0.25) is 0 Å². The third kappa shape index (κ3) is 3.53. The van der Waals surface area contributed by atoms with Gasteiger partial charge in [0, 0.05) is 12.2 Å². The molecule has 1 atom stereocenters. The first-order valence-corrected chi connectivity index (χ1v) is 6.54. The molecule has 1 saturated carbocycles. The molecule has 1 aromatic rings. The van der Waals surface area contributed by atoms with Crippen LogP contribution in [-0.4, -0.2) is 11.0 Å². The molecular weight excluding hydrogens is 277 g/mol. The first kappa shape index (κ1) is 14.4. The van der Waals surface area contributed by atoms with Gasteiger partial charge in [0.1, 0.15) is 5.82 Å². The lowest BCUT2D eigenvalue weighted by Gasteiger charge is -2.19. The average Bonchev–Trinajstić information content (AvgIpc) is 2.59. The van der Waals surface area contributed by atoms with Crippen molar-refractivity contribution >= 4 is 17.4 Å². The number of pyridine rings is 1. The molecule has 1 fully saturated rings. The Bertz CT molecular complexity index is 471. The molecule has 1 unspecified atom stereocenters. The van der Waals surface area contributed by atoms with Crippen molar-refractivity contribution < 1.29 is 13.2 Å². The van der Waals surface area contributed by atoms with Crippen molar-refractivity contribution in [1.82, 2.24) is 4.98 Å². The molecule has 1 aliphatic rings. The quantitative estimate of drug-likeness (QED) is 0.851. The van der Waals surface area contributed by atoms with E-state index in [2.05, 4.69) is 24.1 Å². The minimum absolute atomic E-state index is 0.0135. The Morgan fingerprint density at radius 1 is 1.42 bits per heavy atom. The fourth-order valence-corrected chi connectivity index (χ4v) is 2.67. The molecule has 1 aliphatic carbocycles. The van der Waals surface area contributed by atoms with Crippen LogP contribution in [0.1, 0.15) is 38.7 Å². The fraction of sp³-hybridized carbons (Fsp3) is 0.615. The summed E-state index contributed by atoms with van der Waals surface area (Å²) in [6.07, 6.45) is -0.570. The molecule has 1 N–H and O–H groups in total. The summed E-state index contributed by atoms with van der Waals surface area (Å²) in [5, 5.41) is 3.15. The van der Waals surface area contributed by atoms with Gasteiger partial charge in [-0.3, -0.25) is 0 Å². The molecule has 1 aromatic heterocycles. The van der Waals surface area contributed by atoms with E-state index in [-0.39, 0.29) is 16.5 Å². The second-order valence-electron chi connectivity index (χ2n) is 5.80. The van der Waals surface area contributed by atoms with Crippen molar-refractivity contribution in [2.24, 2.45) is 5.41 Å². The number of hydrogen-bond acceptors (Lipinski definition) is 2. The maximum atomic E-state index is 12.5. The van der Waals surface area contributed by atoms with Gasteiger partial charge in [-0.25, -0.2) is 4.98 Å². The van der Waals surface area contributed by atoms with Crippen LogP contribution in [0.2, 0.25) is 5.02 Å². The van der Waals surface area contributed by atoms with Gasteiger partial charge in [0.15, 0.2) is 0 Å². The lowest BCUT2D eigenvalue weighted by Crippen LogP contribution is -2.19. The summed E-state index contributed by atoms with van der Waals surface area (Å²) in [6, 6.07) is 1.13. The lowest BCUT2D eigenvalue weighted by atomic mass is 9.92. The fourth-order valence-electron chi connectivity index (χ4n) is 2.45. The van der Waals surface area contributed by atoms with Crippen LogP contribution in [0, 0.1) is 5.41 Å². The molecule has 0 aromatic carbocycles. The van der Waals surface area contributed by atoms with Gasteiger partial charge in [-0.05, 0) is 30.7 Å². The largest absolute Gasteiger partial charge is 0.417 e.